The number of hydrogen-bond donors (Lipinski definition) is 2. The predicted molar refractivity (Wildman–Crippen MR) is 143 cm³/mol. The number of benzene rings is 2. The second-order valence-electron chi connectivity index (χ2n) is 8.93. The maximum Gasteiger partial charge on any atom is 0.413 e. The molecular formula is C27H34N6O4. The van der Waals surface area contributed by atoms with Crippen molar-refractivity contribution < 1.29 is 19.4 Å². The Balaban J connectivity index is 1.47. The van der Waals surface area contributed by atoms with Gasteiger partial charge in [0.1, 0.15) is 18.8 Å². The van der Waals surface area contributed by atoms with Gasteiger partial charge in [0.2, 0.25) is 0 Å². The van der Waals surface area contributed by atoms with Gasteiger partial charge >= 0.3 is 6.09 Å². The summed E-state index contributed by atoms with van der Waals surface area (Å²) in [6.45, 7) is 5.81. The number of amides is 1. The minimum absolute atomic E-state index is 0.141. The molecule has 1 aromatic heterocycles. The summed E-state index contributed by atoms with van der Waals surface area (Å²) >= 11 is 0. The first-order chi connectivity index (χ1) is 18.0. The fourth-order valence-corrected chi connectivity index (χ4v) is 4.25. The van der Waals surface area contributed by atoms with Crippen LogP contribution in [0.15, 0.2) is 67.1 Å². The van der Waals surface area contributed by atoms with Crippen molar-refractivity contribution in [1.29, 1.82) is 0 Å². The molecular weight excluding hydrogens is 472 g/mol. The van der Waals surface area contributed by atoms with Crippen LogP contribution in [0.2, 0.25) is 0 Å². The fraction of sp³-hybridized carbons (Fsp3) is 0.370. The van der Waals surface area contributed by atoms with E-state index in [9.17, 15) is 9.90 Å². The van der Waals surface area contributed by atoms with E-state index in [4.69, 9.17) is 9.47 Å². The molecule has 0 spiro atoms. The average molecular weight is 507 g/mol. The summed E-state index contributed by atoms with van der Waals surface area (Å²) in [5.74, 6) is 1.60. The van der Waals surface area contributed by atoms with Gasteiger partial charge in [-0.05, 0) is 30.8 Å². The third kappa shape index (κ3) is 7.31. The van der Waals surface area contributed by atoms with Crippen LogP contribution < -0.4 is 19.7 Å². The average Bonchev–Trinajstić information content (AvgIpc) is 2.93. The topological polar surface area (TPSA) is 103 Å². The van der Waals surface area contributed by atoms with Crippen LogP contribution in [0.25, 0.3) is 0 Å². The molecule has 1 unspecified atom stereocenters. The quantitative estimate of drug-likeness (QED) is 0.405. The number of likely N-dealkylation sites (N-methyl/N-ethyl adjacent to an activating group) is 1. The van der Waals surface area contributed by atoms with Crippen LogP contribution in [-0.2, 0) is 0 Å². The summed E-state index contributed by atoms with van der Waals surface area (Å²) in [4.78, 5) is 26.0. The third-order valence-electron chi connectivity index (χ3n) is 6.41. The molecule has 1 aliphatic heterocycles. The van der Waals surface area contributed by atoms with Gasteiger partial charge < -0.3 is 24.8 Å². The summed E-state index contributed by atoms with van der Waals surface area (Å²) in [5.41, 5.74) is 1.72. The highest BCUT2D eigenvalue weighted by Crippen LogP contribution is 2.32. The third-order valence-corrected chi connectivity index (χ3v) is 6.41. The van der Waals surface area contributed by atoms with Crippen LogP contribution in [0.4, 0.5) is 16.3 Å². The lowest BCUT2D eigenvalue weighted by Gasteiger charge is -2.32. The summed E-state index contributed by atoms with van der Waals surface area (Å²) in [6.07, 6.45) is 1.77. The Labute approximate surface area is 217 Å². The van der Waals surface area contributed by atoms with Crippen molar-refractivity contribution in [3.05, 3.63) is 72.7 Å². The van der Waals surface area contributed by atoms with Crippen LogP contribution in [0.5, 0.6) is 11.5 Å². The Morgan fingerprint density at radius 3 is 2.57 bits per heavy atom. The first kappa shape index (κ1) is 26.2. The van der Waals surface area contributed by atoms with Crippen LogP contribution in [-0.4, -0.2) is 91.0 Å². The highest BCUT2D eigenvalue weighted by molar-refractivity contribution is 5.84. The number of rotatable bonds is 11. The first-order valence-corrected chi connectivity index (χ1v) is 12.3. The molecule has 0 saturated carbocycles. The number of methoxy groups -OCH3 is 1. The van der Waals surface area contributed by atoms with E-state index in [0.717, 1.165) is 44.0 Å². The van der Waals surface area contributed by atoms with Crippen molar-refractivity contribution in [3.8, 4) is 11.5 Å². The van der Waals surface area contributed by atoms with Gasteiger partial charge in [-0.1, -0.05) is 30.3 Å². The Kier molecular flexibility index (Phi) is 9.12. The summed E-state index contributed by atoms with van der Waals surface area (Å²) in [6, 6.07) is 16.6. The molecule has 196 valence electrons. The van der Waals surface area contributed by atoms with Crippen molar-refractivity contribution in [1.82, 2.24) is 19.8 Å². The Hall–Kier alpha value is -3.89. The molecule has 3 aromatic rings. The van der Waals surface area contributed by atoms with Gasteiger partial charge in [0.25, 0.3) is 0 Å². The molecule has 0 bridgehead atoms. The molecule has 0 radical (unpaired) electrons. The van der Waals surface area contributed by atoms with Gasteiger partial charge in [-0.3, -0.25) is 9.80 Å². The molecule has 1 aliphatic rings. The zero-order chi connectivity index (χ0) is 26.0. The number of nitrogens with zero attached hydrogens (tertiary/aromatic N) is 5. The van der Waals surface area contributed by atoms with Gasteiger partial charge in [0.05, 0.1) is 19.7 Å². The minimum Gasteiger partial charge on any atom is -0.493 e. The zero-order valence-corrected chi connectivity index (χ0v) is 21.3. The van der Waals surface area contributed by atoms with Crippen molar-refractivity contribution in [2.24, 2.45) is 0 Å². The standard InChI is InChI=1S/C27H34N6O4/c1-31-12-14-32(15-13-31)16-17-37-24-9-8-22(18-25(24)36-2)30-23(21-6-4-3-5-7-21)19-33(27(34)35)26-10-11-28-20-29-26/h3-11,18,20,23,30H,12-17,19H2,1-2H3,(H,34,35). The Morgan fingerprint density at radius 2 is 1.89 bits per heavy atom. The second-order valence-corrected chi connectivity index (χ2v) is 8.93. The maximum absolute atomic E-state index is 12.1. The molecule has 1 fully saturated rings. The molecule has 0 aliphatic carbocycles. The Bertz CT molecular complexity index is 1130. The molecule has 1 amide bonds. The second kappa shape index (κ2) is 12.9. The lowest BCUT2D eigenvalue weighted by Crippen LogP contribution is -2.45. The van der Waals surface area contributed by atoms with Crippen LogP contribution in [0.3, 0.4) is 0 Å². The van der Waals surface area contributed by atoms with E-state index in [1.165, 1.54) is 17.4 Å². The number of carbonyl (C=O) groups is 1. The van der Waals surface area contributed by atoms with Crippen LogP contribution in [0, 0.1) is 0 Å². The highest BCUT2D eigenvalue weighted by atomic mass is 16.5. The predicted octanol–water partition coefficient (Wildman–Crippen LogP) is 3.45. The molecule has 1 atom stereocenters. The van der Waals surface area contributed by atoms with Gasteiger partial charge in [-0.2, -0.15) is 0 Å². The number of nitrogens with one attached hydrogen (secondary N) is 1. The maximum atomic E-state index is 12.1. The Morgan fingerprint density at radius 1 is 1.11 bits per heavy atom. The molecule has 37 heavy (non-hydrogen) atoms. The zero-order valence-electron chi connectivity index (χ0n) is 21.3. The number of carboxylic acid groups (broad SMARTS) is 1. The first-order valence-electron chi connectivity index (χ1n) is 12.3. The van der Waals surface area contributed by atoms with Crippen LogP contribution in [0.1, 0.15) is 11.6 Å². The largest absolute Gasteiger partial charge is 0.493 e. The van der Waals surface area contributed by atoms with Crippen molar-refractivity contribution >= 4 is 17.6 Å². The van der Waals surface area contributed by atoms with Gasteiger partial charge in [0, 0.05) is 50.7 Å². The van der Waals surface area contributed by atoms with Crippen molar-refractivity contribution in [2.45, 2.75) is 6.04 Å². The molecule has 10 nitrogen and oxygen atoms in total. The van der Waals surface area contributed by atoms with Gasteiger partial charge in [-0.25, -0.2) is 14.8 Å². The number of anilines is 2. The van der Waals surface area contributed by atoms with E-state index in [0.29, 0.717) is 23.9 Å². The monoisotopic (exact) mass is 506 g/mol. The molecule has 2 aromatic carbocycles. The summed E-state index contributed by atoms with van der Waals surface area (Å²) < 4.78 is 11.7. The summed E-state index contributed by atoms with van der Waals surface area (Å²) in [7, 11) is 3.76. The lowest BCUT2D eigenvalue weighted by atomic mass is 10.1. The van der Waals surface area contributed by atoms with E-state index >= 15 is 0 Å². The number of ether oxygens (including phenoxy) is 2. The van der Waals surface area contributed by atoms with E-state index in [2.05, 4.69) is 32.1 Å². The van der Waals surface area contributed by atoms with Crippen molar-refractivity contribution in [3.63, 3.8) is 0 Å². The minimum atomic E-state index is -1.09. The molecule has 1 saturated heterocycles. The molecule has 4 rings (SSSR count). The lowest BCUT2D eigenvalue weighted by molar-refractivity contribution is 0.133. The summed E-state index contributed by atoms with van der Waals surface area (Å²) in [5, 5.41) is 13.4. The number of aromatic nitrogens is 2. The molecule has 2 N–H and O–H groups in total. The van der Waals surface area contributed by atoms with Gasteiger partial charge in [0.15, 0.2) is 11.5 Å². The highest BCUT2D eigenvalue weighted by Gasteiger charge is 2.23. The molecule has 10 heteroatoms. The van der Waals surface area contributed by atoms with E-state index in [1.54, 1.807) is 13.2 Å². The van der Waals surface area contributed by atoms with E-state index in [-0.39, 0.29) is 12.6 Å². The fourth-order valence-electron chi connectivity index (χ4n) is 4.25. The van der Waals surface area contributed by atoms with E-state index in [1.807, 2.05) is 48.5 Å². The van der Waals surface area contributed by atoms with Crippen molar-refractivity contribution in [2.75, 3.05) is 70.2 Å². The normalized spacial score (nSPS) is 15.1. The van der Waals surface area contributed by atoms with Gasteiger partial charge in [-0.15, -0.1) is 0 Å². The number of hydrogen-bond acceptors (Lipinski definition) is 8. The smallest absolute Gasteiger partial charge is 0.413 e. The van der Waals surface area contributed by atoms with E-state index < -0.39 is 6.09 Å². The molecule has 2 heterocycles. The van der Waals surface area contributed by atoms with Crippen LogP contribution >= 0.6 is 0 Å². The SMILES string of the molecule is COc1cc(NC(CN(C(=O)O)c2ccncn2)c2ccccc2)ccc1OCCN1CCN(C)CC1. The number of piperazine rings is 1.